The first-order chi connectivity index (χ1) is 12.1. The number of hydrogen-bond acceptors (Lipinski definition) is 6. The van der Waals surface area contributed by atoms with Crippen molar-refractivity contribution in [1.29, 1.82) is 0 Å². The number of nitro groups is 1. The summed E-state index contributed by atoms with van der Waals surface area (Å²) in [6, 6.07) is 4.36. The lowest BCUT2D eigenvalue weighted by Crippen LogP contribution is -2.38. The van der Waals surface area contributed by atoms with Crippen LogP contribution in [0.1, 0.15) is 23.2 Å². The average Bonchev–Trinajstić information content (AvgIpc) is 3.16. The third-order valence-corrected chi connectivity index (χ3v) is 4.57. The monoisotopic (exact) mass is 349 g/mol. The first-order valence-corrected chi connectivity index (χ1v) is 8.66. The normalized spacial score (nSPS) is 18.3. The summed E-state index contributed by atoms with van der Waals surface area (Å²) in [5.74, 6) is 0.0636. The molecule has 0 atom stereocenters. The fourth-order valence-corrected chi connectivity index (χ4v) is 3.13. The van der Waals surface area contributed by atoms with Crippen LogP contribution in [-0.4, -0.2) is 73.2 Å². The standard InChI is InChI=1S/C17H23N3O5/c21-17(19-5-1-2-6-19)14-3-4-15(20(22)23)16(13-14)25-12-9-18-7-10-24-11-8-18/h3-4,13H,1-2,5-12H2. The van der Waals surface area contributed by atoms with E-state index >= 15 is 0 Å². The van der Waals surface area contributed by atoms with Gasteiger partial charge < -0.3 is 14.4 Å². The molecule has 8 nitrogen and oxygen atoms in total. The molecule has 0 radical (unpaired) electrons. The van der Waals surface area contributed by atoms with Gasteiger partial charge >= 0.3 is 5.69 Å². The minimum absolute atomic E-state index is 0.0922. The van der Waals surface area contributed by atoms with E-state index in [-0.39, 0.29) is 17.3 Å². The summed E-state index contributed by atoms with van der Waals surface area (Å²) in [6.45, 7) is 5.54. The highest BCUT2D eigenvalue weighted by atomic mass is 16.6. The molecule has 0 aliphatic carbocycles. The number of amides is 1. The predicted molar refractivity (Wildman–Crippen MR) is 91.0 cm³/mol. The van der Waals surface area contributed by atoms with Crippen LogP contribution in [0.5, 0.6) is 5.75 Å². The number of likely N-dealkylation sites (tertiary alicyclic amines) is 1. The van der Waals surface area contributed by atoms with Crippen LogP contribution in [0.15, 0.2) is 18.2 Å². The molecule has 1 aromatic rings. The Morgan fingerprint density at radius 1 is 1.20 bits per heavy atom. The van der Waals surface area contributed by atoms with Gasteiger partial charge in [0.2, 0.25) is 0 Å². The van der Waals surface area contributed by atoms with E-state index < -0.39 is 4.92 Å². The van der Waals surface area contributed by atoms with Gasteiger partial charge in [0.15, 0.2) is 5.75 Å². The van der Waals surface area contributed by atoms with Gasteiger partial charge in [-0.2, -0.15) is 0 Å². The van der Waals surface area contributed by atoms with Crippen LogP contribution in [0, 0.1) is 10.1 Å². The molecule has 25 heavy (non-hydrogen) atoms. The predicted octanol–water partition coefficient (Wildman–Crippen LogP) is 1.54. The third kappa shape index (κ3) is 4.46. The summed E-state index contributed by atoms with van der Waals surface area (Å²) in [6.07, 6.45) is 2.00. The van der Waals surface area contributed by atoms with E-state index in [2.05, 4.69) is 4.90 Å². The van der Waals surface area contributed by atoms with Gasteiger partial charge in [0.05, 0.1) is 18.1 Å². The molecule has 0 N–H and O–H groups in total. The molecular formula is C17H23N3O5. The number of rotatable bonds is 6. The second kappa shape index (κ2) is 8.26. The molecule has 1 aromatic carbocycles. The van der Waals surface area contributed by atoms with Gasteiger partial charge in [-0.25, -0.2) is 0 Å². The number of benzene rings is 1. The molecule has 0 aromatic heterocycles. The number of nitrogens with zero attached hydrogens (tertiary/aromatic N) is 3. The van der Waals surface area contributed by atoms with Crippen molar-refractivity contribution in [1.82, 2.24) is 9.80 Å². The number of nitro benzene ring substituents is 1. The smallest absolute Gasteiger partial charge is 0.310 e. The highest BCUT2D eigenvalue weighted by molar-refractivity contribution is 5.95. The molecule has 136 valence electrons. The van der Waals surface area contributed by atoms with Gasteiger partial charge in [0.1, 0.15) is 6.61 Å². The van der Waals surface area contributed by atoms with Gasteiger partial charge in [-0.15, -0.1) is 0 Å². The highest BCUT2D eigenvalue weighted by Gasteiger charge is 2.23. The lowest BCUT2D eigenvalue weighted by molar-refractivity contribution is -0.385. The first-order valence-electron chi connectivity index (χ1n) is 8.66. The van der Waals surface area contributed by atoms with E-state index in [4.69, 9.17) is 9.47 Å². The van der Waals surface area contributed by atoms with E-state index in [0.29, 0.717) is 31.9 Å². The Hall–Kier alpha value is -2.19. The quantitative estimate of drug-likeness (QED) is 0.572. The van der Waals surface area contributed by atoms with Crippen molar-refractivity contribution in [3.63, 3.8) is 0 Å². The molecule has 8 heteroatoms. The second-order valence-corrected chi connectivity index (χ2v) is 6.24. The van der Waals surface area contributed by atoms with Gasteiger partial charge in [0, 0.05) is 50.4 Å². The molecule has 2 aliphatic heterocycles. The number of hydrogen-bond donors (Lipinski definition) is 0. The first kappa shape index (κ1) is 17.6. The zero-order chi connectivity index (χ0) is 17.6. The molecule has 0 saturated carbocycles. The maximum Gasteiger partial charge on any atom is 0.310 e. The van der Waals surface area contributed by atoms with Crippen LogP contribution in [-0.2, 0) is 4.74 Å². The molecular weight excluding hydrogens is 326 g/mol. The third-order valence-electron chi connectivity index (χ3n) is 4.57. The van der Waals surface area contributed by atoms with Crippen LogP contribution in [0.2, 0.25) is 0 Å². The molecule has 0 bridgehead atoms. The molecule has 0 spiro atoms. The maximum atomic E-state index is 12.5. The average molecular weight is 349 g/mol. The minimum atomic E-state index is -0.478. The van der Waals surface area contributed by atoms with Gasteiger partial charge in [0.25, 0.3) is 5.91 Å². The summed E-state index contributed by atoms with van der Waals surface area (Å²) in [5.41, 5.74) is 0.328. The zero-order valence-electron chi connectivity index (χ0n) is 14.2. The van der Waals surface area contributed by atoms with Crippen molar-refractivity contribution in [3.05, 3.63) is 33.9 Å². The Morgan fingerprint density at radius 2 is 1.92 bits per heavy atom. The summed E-state index contributed by atoms with van der Waals surface area (Å²) < 4.78 is 11.0. The molecule has 2 fully saturated rings. The van der Waals surface area contributed by atoms with Gasteiger partial charge in [-0.3, -0.25) is 19.8 Å². The fourth-order valence-electron chi connectivity index (χ4n) is 3.13. The van der Waals surface area contributed by atoms with Gasteiger partial charge in [-0.1, -0.05) is 0 Å². The number of carbonyl (C=O) groups is 1. The van der Waals surface area contributed by atoms with E-state index in [1.165, 1.54) is 18.2 Å². The van der Waals surface area contributed by atoms with Crippen molar-refractivity contribution in [2.24, 2.45) is 0 Å². The maximum absolute atomic E-state index is 12.5. The van der Waals surface area contributed by atoms with E-state index in [1.54, 1.807) is 4.90 Å². The summed E-state index contributed by atoms with van der Waals surface area (Å²) in [4.78, 5) is 27.2. The number of ether oxygens (including phenoxy) is 2. The van der Waals surface area contributed by atoms with Crippen molar-refractivity contribution < 1.29 is 19.2 Å². The van der Waals surface area contributed by atoms with Crippen LogP contribution in [0.25, 0.3) is 0 Å². The zero-order valence-corrected chi connectivity index (χ0v) is 14.2. The Bertz CT molecular complexity index is 625. The topological polar surface area (TPSA) is 85.1 Å². The highest BCUT2D eigenvalue weighted by Crippen LogP contribution is 2.29. The molecule has 2 saturated heterocycles. The summed E-state index contributed by atoms with van der Waals surface area (Å²) >= 11 is 0. The number of carbonyl (C=O) groups excluding carboxylic acids is 1. The lowest BCUT2D eigenvalue weighted by Gasteiger charge is -2.26. The lowest BCUT2D eigenvalue weighted by atomic mass is 10.1. The molecule has 1 amide bonds. The molecule has 2 heterocycles. The van der Waals surface area contributed by atoms with E-state index in [1.807, 2.05) is 0 Å². The molecule has 3 rings (SSSR count). The Kier molecular flexibility index (Phi) is 5.83. The van der Waals surface area contributed by atoms with E-state index in [9.17, 15) is 14.9 Å². The largest absolute Gasteiger partial charge is 0.485 e. The van der Waals surface area contributed by atoms with Crippen LogP contribution in [0.4, 0.5) is 5.69 Å². The Labute approximate surface area is 146 Å². The van der Waals surface area contributed by atoms with Crippen LogP contribution >= 0.6 is 0 Å². The van der Waals surface area contributed by atoms with Crippen LogP contribution < -0.4 is 4.74 Å². The fraction of sp³-hybridized carbons (Fsp3) is 0.588. The molecule has 0 unspecified atom stereocenters. The summed E-state index contributed by atoms with van der Waals surface area (Å²) in [7, 11) is 0. The minimum Gasteiger partial charge on any atom is -0.485 e. The Morgan fingerprint density at radius 3 is 2.60 bits per heavy atom. The molecule has 2 aliphatic rings. The SMILES string of the molecule is O=C(c1ccc([N+](=O)[O-])c(OCCN2CCOCC2)c1)N1CCCC1. The van der Waals surface area contributed by atoms with Crippen LogP contribution in [0.3, 0.4) is 0 Å². The van der Waals surface area contributed by atoms with Crippen molar-refractivity contribution >= 4 is 11.6 Å². The van der Waals surface area contributed by atoms with Crippen molar-refractivity contribution in [2.75, 3.05) is 52.5 Å². The van der Waals surface area contributed by atoms with Crippen molar-refractivity contribution in [2.45, 2.75) is 12.8 Å². The van der Waals surface area contributed by atoms with Gasteiger partial charge in [-0.05, 0) is 18.9 Å². The van der Waals surface area contributed by atoms with Crippen molar-refractivity contribution in [3.8, 4) is 5.75 Å². The Balaban J connectivity index is 1.67. The summed E-state index contributed by atoms with van der Waals surface area (Å²) in [5, 5.41) is 11.2. The number of morpholine rings is 1. The van der Waals surface area contributed by atoms with E-state index in [0.717, 1.165) is 39.0 Å². The second-order valence-electron chi connectivity index (χ2n) is 6.24.